The molecule has 2 heterocycles. The van der Waals surface area contributed by atoms with Crippen molar-refractivity contribution in [2.75, 3.05) is 18.5 Å². The van der Waals surface area contributed by atoms with Crippen molar-refractivity contribution in [3.63, 3.8) is 0 Å². The van der Waals surface area contributed by atoms with Crippen LogP contribution in [0.1, 0.15) is 4.88 Å². The minimum Gasteiger partial charge on any atom is -0.351 e. The maximum absolute atomic E-state index is 4.38. The molecule has 0 amide bonds. The summed E-state index contributed by atoms with van der Waals surface area (Å²) in [4.78, 5) is 7.99. The Balaban J connectivity index is 1.90. The van der Waals surface area contributed by atoms with E-state index in [-0.39, 0.29) is 0 Å². The molecule has 2 rings (SSSR count). The monoisotopic (exact) mass is 302 g/mol. The Morgan fingerprint density at radius 2 is 2.33 bits per heavy atom. The van der Waals surface area contributed by atoms with Gasteiger partial charge in [-0.1, -0.05) is 6.07 Å². The standard InChI is InChI=1S/C10H11BrN2S2/c1-13(10-12-9(11)7-15-10)5-4-8-3-2-6-14-8/h2-3,6-7H,4-5H2,1H3. The van der Waals surface area contributed by atoms with Gasteiger partial charge in [0.2, 0.25) is 0 Å². The summed E-state index contributed by atoms with van der Waals surface area (Å²) < 4.78 is 0.922. The molecule has 0 aliphatic rings. The number of halogens is 1. The van der Waals surface area contributed by atoms with Gasteiger partial charge in [-0.3, -0.25) is 0 Å². The average molecular weight is 303 g/mol. The molecule has 0 saturated heterocycles. The lowest BCUT2D eigenvalue weighted by Crippen LogP contribution is -2.19. The van der Waals surface area contributed by atoms with Gasteiger partial charge >= 0.3 is 0 Å². The number of thiazole rings is 1. The van der Waals surface area contributed by atoms with Crippen molar-refractivity contribution in [3.05, 3.63) is 32.4 Å². The number of thiophene rings is 1. The van der Waals surface area contributed by atoms with E-state index in [0.29, 0.717) is 0 Å². The summed E-state index contributed by atoms with van der Waals surface area (Å²) in [5, 5.41) is 5.20. The predicted octanol–water partition coefficient (Wildman–Crippen LogP) is 3.65. The van der Waals surface area contributed by atoms with Gasteiger partial charge in [0.1, 0.15) is 4.60 Å². The van der Waals surface area contributed by atoms with E-state index in [9.17, 15) is 0 Å². The van der Waals surface area contributed by atoms with Crippen LogP contribution in [0.15, 0.2) is 27.5 Å². The van der Waals surface area contributed by atoms with E-state index < -0.39 is 0 Å². The minimum absolute atomic E-state index is 0.922. The summed E-state index contributed by atoms with van der Waals surface area (Å²) in [5.74, 6) is 0. The molecule has 2 aromatic rings. The first-order valence-electron chi connectivity index (χ1n) is 4.60. The van der Waals surface area contributed by atoms with Crippen LogP contribution in [0.2, 0.25) is 0 Å². The quantitative estimate of drug-likeness (QED) is 0.857. The van der Waals surface area contributed by atoms with Crippen LogP contribution in [0.25, 0.3) is 0 Å². The lowest BCUT2D eigenvalue weighted by Gasteiger charge is -2.14. The summed E-state index contributed by atoms with van der Waals surface area (Å²) in [6.45, 7) is 1.01. The minimum atomic E-state index is 0.922. The van der Waals surface area contributed by atoms with Gasteiger partial charge in [0.05, 0.1) is 0 Å². The van der Waals surface area contributed by atoms with Gasteiger partial charge in [-0.2, -0.15) is 0 Å². The zero-order valence-electron chi connectivity index (χ0n) is 8.31. The van der Waals surface area contributed by atoms with Gasteiger partial charge in [-0.25, -0.2) is 4.98 Å². The van der Waals surface area contributed by atoms with Crippen LogP contribution in [0.4, 0.5) is 5.13 Å². The zero-order valence-corrected chi connectivity index (χ0v) is 11.5. The molecule has 2 aromatic heterocycles. The Bertz CT molecular complexity index is 411. The van der Waals surface area contributed by atoms with Gasteiger partial charge in [-0.05, 0) is 33.8 Å². The fraction of sp³-hybridized carbons (Fsp3) is 0.300. The maximum atomic E-state index is 4.38. The van der Waals surface area contributed by atoms with Crippen LogP contribution >= 0.6 is 38.6 Å². The molecule has 0 aliphatic heterocycles. The average Bonchev–Trinajstić information content (AvgIpc) is 2.84. The Kier molecular flexibility index (Phi) is 3.77. The summed E-state index contributed by atoms with van der Waals surface area (Å²) in [6.07, 6.45) is 1.09. The highest BCUT2D eigenvalue weighted by Crippen LogP contribution is 2.22. The number of hydrogen-bond acceptors (Lipinski definition) is 4. The van der Waals surface area contributed by atoms with E-state index in [1.165, 1.54) is 4.88 Å². The van der Waals surface area contributed by atoms with Crippen molar-refractivity contribution < 1.29 is 0 Å². The molecule has 0 aliphatic carbocycles. The Labute approximate surface area is 106 Å². The third-order valence-electron chi connectivity index (χ3n) is 2.06. The smallest absolute Gasteiger partial charge is 0.186 e. The molecule has 0 atom stereocenters. The molecule has 0 unspecified atom stereocenters. The van der Waals surface area contributed by atoms with Crippen LogP contribution in [0, 0.1) is 0 Å². The van der Waals surface area contributed by atoms with Gasteiger partial charge < -0.3 is 4.90 Å². The second-order valence-corrected chi connectivity index (χ2v) is 5.88. The molecule has 80 valence electrons. The van der Waals surface area contributed by atoms with E-state index in [4.69, 9.17) is 0 Å². The summed E-state index contributed by atoms with van der Waals surface area (Å²) in [5.41, 5.74) is 0. The Morgan fingerprint density at radius 3 is 2.93 bits per heavy atom. The SMILES string of the molecule is CN(CCc1cccs1)c1nc(Br)cs1. The molecule has 2 nitrogen and oxygen atoms in total. The second kappa shape index (κ2) is 5.09. The van der Waals surface area contributed by atoms with Crippen molar-refractivity contribution in [3.8, 4) is 0 Å². The van der Waals surface area contributed by atoms with Gasteiger partial charge in [0, 0.05) is 23.8 Å². The summed E-state index contributed by atoms with van der Waals surface area (Å²) >= 11 is 6.84. The fourth-order valence-electron chi connectivity index (χ4n) is 1.25. The van der Waals surface area contributed by atoms with Crippen molar-refractivity contribution in [1.82, 2.24) is 4.98 Å². The molecule has 0 radical (unpaired) electrons. The molecular weight excluding hydrogens is 292 g/mol. The van der Waals surface area contributed by atoms with E-state index in [2.05, 4.69) is 50.4 Å². The van der Waals surface area contributed by atoms with Crippen LogP contribution < -0.4 is 4.90 Å². The van der Waals surface area contributed by atoms with Gasteiger partial charge in [0.25, 0.3) is 0 Å². The number of anilines is 1. The van der Waals surface area contributed by atoms with Gasteiger partial charge in [0.15, 0.2) is 5.13 Å². The molecule has 15 heavy (non-hydrogen) atoms. The molecular formula is C10H11BrN2S2. The summed E-state index contributed by atoms with van der Waals surface area (Å²) in [7, 11) is 2.08. The number of rotatable bonds is 4. The molecule has 0 spiro atoms. The van der Waals surface area contributed by atoms with Gasteiger partial charge in [-0.15, -0.1) is 22.7 Å². The van der Waals surface area contributed by atoms with Crippen molar-refractivity contribution in [2.45, 2.75) is 6.42 Å². The molecule has 0 aromatic carbocycles. The molecule has 0 saturated carbocycles. The van der Waals surface area contributed by atoms with Crippen molar-refractivity contribution in [2.24, 2.45) is 0 Å². The van der Waals surface area contributed by atoms with Crippen molar-refractivity contribution in [1.29, 1.82) is 0 Å². The fourth-order valence-corrected chi connectivity index (χ4v) is 3.19. The molecule has 0 N–H and O–H groups in total. The first-order chi connectivity index (χ1) is 7.25. The van der Waals surface area contributed by atoms with Crippen LogP contribution in [-0.4, -0.2) is 18.6 Å². The van der Waals surface area contributed by atoms with E-state index in [1.807, 2.05) is 16.7 Å². The van der Waals surface area contributed by atoms with E-state index in [0.717, 1.165) is 22.7 Å². The lowest BCUT2D eigenvalue weighted by atomic mass is 10.3. The second-order valence-electron chi connectivity index (χ2n) is 3.20. The molecule has 0 fully saturated rings. The highest BCUT2D eigenvalue weighted by molar-refractivity contribution is 9.10. The number of likely N-dealkylation sites (N-methyl/N-ethyl adjacent to an activating group) is 1. The molecule has 0 bridgehead atoms. The largest absolute Gasteiger partial charge is 0.351 e. The maximum Gasteiger partial charge on any atom is 0.186 e. The first-order valence-corrected chi connectivity index (χ1v) is 7.15. The topological polar surface area (TPSA) is 16.1 Å². The Morgan fingerprint density at radius 1 is 1.47 bits per heavy atom. The predicted molar refractivity (Wildman–Crippen MR) is 71.1 cm³/mol. The van der Waals surface area contributed by atoms with Crippen LogP contribution in [0.5, 0.6) is 0 Å². The van der Waals surface area contributed by atoms with E-state index >= 15 is 0 Å². The number of hydrogen-bond donors (Lipinski definition) is 0. The highest BCUT2D eigenvalue weighted by atomic mass is 79.9. The third kappa shape index (κ3) is 3.03. The van der Waals surface area contributed by atoms with E-state index in [1.54, 1.807) is 11.3 Å². The first kappa shape index (κ1) is 11.1. The number of nitrogens with zero attached hydrogens (tertiary/aromatic N) is 2. The number of aromatic nitrogens is 1. The third-order valence-corrected chi connectivity index (χ3v) is 4.66. The normalized spacial score (nSPS) is 10.5. The summed E-state index contributed by atoms with van der Waals surface area (Å²) in [6, 6.07) is 4.27. The molecule has 5 heteroatoms. The Hall–Kier alpha value is -0.390. The van der Waals surface area contributed by atoms with Crippen LogP contribution in [0.3, 0.4) is 0 Å². The van der Waals surface area contributed by atoms with Crippen molar-refractivity contribution >= 4 is 43.7 Å². The lowest BCUT2D eigenvalue weighted by molar-refractivity contribution is 0.880. The van der Waals surface area contributed by atoms with Crippen LogP contribution in [-0.2, 0) is 6.42 Å². The zero-order chi connectivity index (χ0) is 10.7. The highest BCUT2D eigenvalue weighted by Gasteiger charge is 2.05.